The van der Waals surface area contributed by atoms with Gasteiger partial charge >= 0.3 is 0 Å². The number of anilines is 1. The number of carbonyl (C=O) groups excluding carboxylic acids is 1. The van der Waals surface area contributed by atoms with Crippen LogP contribution in [-0.4, -0.2) is 49.0 Å². The van der Waals surface area contributed by atoms with Gasteiger partial charge in [-0.2, -0.15) is 0 Å². The van der Waals surface area contributed by atoms with Crippen LogP contribution in [0.1, 0.15) is 13.3 Å². The number of aliphatic imine (C=N–C) groups is 1. The SMILES string of the molecule is C=Nc1ccccc1N(CO)C1CCN(C=O)C[C@@H]1C. The van der Waals surface area contributed by atoms with Crippen LogP contribution in [0, 0.1) is 5.92 Å². The Morgan fingerprint density at radius 1 is 1.55 bits per heavy atom. The van der Waals surface area contributed by atoms with Crippen molar-refractivity contribution < 1.29 is 9.90 Å². The Hall–Kier alpha value is -1.88. The lowest BCUT2D eigenvalue weighted by molar-refractivity contribution is -0.119. The molecule has 1 aromatic rings. The summed E-state index contributed by atoms with van der Waals surface area (Å²) >= 11 is 0. The van der Waals surface area contributed by atoms with Crippen LogP contribution in [0.25, 0.3) is 0 Å². The van der Waals surface area contributed by atoms with Crippen LogP contribution >= 0.6 is 0 Å². The number of benzene rings is 1. The zero-order chi connectivity index (χ0) is 14.5. The van der Waals surface area contributed by atoms with E-state index in [1.54, 1.807) is 4.90 Å². The van der Waals surface area contributed by atoms with E-state index in [0.717, 1.165) is 30.8 Å². The van der Waals surface area contributed by atoms with Gasteiger partial charge in [-0.1, -0.05) is 19.1 Å². The molecule has 0 aromatic heterocycles. The molecule has 0 spiro atoms. The number of aliphatic hydroxyl groups excluding tert-OH is 1. The van der Waals surface area contributed by atoms with E-state index in [-0.39, 0.29) is 12.8 Å². The minimum Gasteiger partial charge on any atom is -0.376 e. The van der Waals surface area contributed by atoms with E-state index in [1.807, 2.05) is 29.2 Å². The highest BCUT2D eigenvalue weighted by Crippen LogP contribution is 2.33. The smallest absolute Gasteiger partial charge is 0.209 e. The molecule has 108 valence electrons. The largest absolute Gasteiger partial charge is 0.376 e. The molecule has 0 bridgehead atoms. The third-order valence-corrected chi connectivity index (χ3v) is 3.95. The fraction of sp³-hybridized carbons (Fsp3) is 0.467. The lowest BCUT2D eigenvalue weighted by atomic mass is 9.92. The lowest BCUT2D eigenvalue weighted by Crippen LogP contribution is -2.50. The second-order valence-corrected chi connectivity index (χ2v) is 5.19. The molecule has 1 N–H and O–H groups in total. The third-order valence-electron chi connectivity index (χ3n) is 3.95. The number of rotatable bonds is 5. The number of hydrogen-bond acceptors (Lipinski definition) is 4. The number of amides is 1. The van der Waals surface area contributed by atoms with Crippen LogP contribution < -0.4 is 4.90 Å². The molecule has 5 heteroatoms. The summed E-state index contributed by atoms with van der Waals surface area (Å²) in [5, 5.41) is 9.77. The lowest BCUT2D eigenvalue weighted by Gasteiger charge is -2.42. The van der Waals surface area contributed by atoms with Gasteiger partial charge in [0.2, 0.25) is 6.41 Å². The maximum Gasteiger partial charge on any atom is 0.209 e. The molecule has 1 aliphatic heterocycles. The molecule has 1 unspecified atom stereocenters. The Kier molecular flexibility index (Phi) is 4.74. The molecule has 1 aliphatic rings. The standard InChI is InChI=1S/C15H21N3O2/c1-12-9-17(10-19)8-7-14(12)18(11-20)15-6-4-3-5-13(15)16-2/h3-6,10,12,14,20H,2,7-9,11H2,1H3/t12-,14?/m0/s1. The number of likely N-dealkylation sites (tertiary alicyclic amines) is 1. The van der Waals surface area contributed by atoms with Crippen molar-refractivity contribution in [2.75, 3.05) is 24.7 Å². The van der Waals surface area contributed by atoms with Crippen LogP contribution in [0.3, 0.4) is 0 Å². The maximum atomic E-state index is 10.9. The van der Waals surface area contributed by atoms with Crippen molar-refractivity contribution in [1.82, 2.24) is 4.90 Å². The predicted molar refractivity (Wildman–Crippen MR) is 80.4 cm³/mol. The first-order valence-electron chi connectivity index (χ1n) is 6.83. The first kappa shape index (κ1) is 14.5. The molecule has 1 aromatic carbocycles. The Morgan fingerprint density at radius 3 is 2.90 bits per heavy atom. The molecular weight excluding hydrogens is 254 g/mol. The van der Waals surface area contributed by atoms with Gasteiger partial charge in [-0.15, -0.1) is 0 Å². The van der Waals surface area contributed by atoms with Gasteiger partial charge in [0.1, 0.15) is 6.73 Å². The summed E-state index contributed by atoms with van der Waals surface area (Å²) in [5.74, 6) is 0.291. The van der Waals surface area contributed by atoms with E-state index in [1.165, 1.54) is 0 Å². The third kappa shape index (κ3) is 2.82. The van der Waals surface area contributed by atoms with Gasteiger partial charge in [-0.25, -0.2) is 0 Å². The van der Waals surface area contributed by atoms with Crippen molar-refractivity contribution in [2.24, 2.45) is 10.9 Å². The van der Waals surface area contributed by atoms with E-state index in [2.05, 4.69) is 18.6 Å². The number of carbonyl (C=O) groups is 1. The van der Waals surface area contributed by atoms with E-state index in [9.17, 15) is 9.90 Å². The molecule has 1 amide bonds. The van der Waals surface area contributed by atoms with Crippen LogP contribution in [0.2, 0.25) is 0 Å². The minimum atomic E-state index is -0.0668. The molecule has 5 nitrogen and oxygen atoms in total. The topological polar surface area (TPSA) is 56.1 Å². The summed E-state index contributed by atoms with van der Waals surface area (Å²) in [6, 6.07) is 7.85. The highest BCUT2D eigenvalue weighted by atomic mass is 16.3. The van der Waals surface area contributed by atoms with Crippen LogP contribution in [-0.2, 0) is 4.79 Å². The summed E-state index contributed by atoms with van der Waals surface area (Å²) in [4.78, 5) is 18.6. The van der Waals surface area contributed by atoms with Crippen molar-refractivity contribution in [2.45, 2.75) is 19.4 Å². The highest BCUT2D eigenvalue weighted by molar-refractivity contribution is 5.69. The second-order valence-electron chi connectivity index (χ2n) is 5.19. The van der Waals surface area contributed by atoms with Crippen molar-refractivity contribution in [3.8, 4) is 0 Å². The van der Waals surface area contributed by atoms with E-state index in [0.29, 0.717) is 12.5 Å². The van der Waals surface area contributed by atoms with Crippen molar-refractivity contribution in [1.29, 1.82) is 0 Å². The van der Waals surface area contributed by atoms with Gasteiger partial charge in [-0.05, 0) is 31.2 Å². The zero-order valence-electron chi connectivity index (χ0n) is 11.8. The van der Waals surface area contributed by atoms with Crippen molar-refractivity contribution >= 4 is 24.5 Å². The summed E-state index contributed by atoms with van der Waals surface area (Å²) < 4.78 is 0. The maximum absolute atomic E-state index is 10.9. The Bertz CT molecular complexity index is 478. The number of nitrogens with zero attached hydrogens (tertiary/aromatic N) is 3. The summed E-state index contributed by atoms with van der Waals surface area (Å²) in [5.41, 5.74) is 1.66. The summed E-state index contributed by atoms with van der Waals surface area (Å²) in [6.45, 7) is 7.06. The Labute approximate surface area is 119 Å². The Balaban J connectivity index is 2.24. The van der Waals surface area contributed by atoms with E-state index >= 15 is 0 Å². The molecule has 1 heterocycles. The molecule has 2 rings (SSSR count). The van der Waals surface area contributed by atoms with E-state index < -0.39 is 0 Å². The molecule has 0 radical (unpaired) electrons. The number of hydrogen-bond donors (Lipinski definition) is 1. The fourth-order valence-corrected chi connectivity index (χ4v) is 2.92. The molecule has 0 aliphatic carbocycles. The van der Waals surface area contributed by atoms with Gasteiger partial charge < -0.3 is 14.9 Å². The Morgan fingerprint density at radius 2 is 2.30 bits per heavy atom. The molecule has 1 fully saturated rings. The molecule has 20 heavy (non-hydrogen) atoms. The van der Waals surface area contributed by atoms with Gasteiger partial charge in [-0.3, -0.25) is 9.79 Å². The average Bonchev–Trinajstić information content (AvgIpc) is 2.50. The van der Waals surface area contributed by atoms with Gasteiger partial charge in [0.05, 0.1) is 11.4 Å². The zero-order valence-corrected chi connectivity index (χ0v) is 11.8. The average molecular weight is 275 g/mol. The molecule has 0 saturated carbocycles. The number of aliphatic hydroxyl groups is 1. The highest BCUT2D eigenvalue weighted by Gasteiger charge is 2.30. The fourth-order valence-electron chi connectivity index (χ4n) is 2.92. The second kappa shape index (κ2) is 6.52. The van der Waals surface area contributed by atoms with Gasteiger partial charge in [0, 0.05) is 19.1 Å². The summed E-state index contributed by atoms with van der Waals surface area (Å²) in [7, 11) is 0. The summed E-state index contributed by atoms with van der Waals surface area (Å²) in [6.07, 6.45) is 1.74. The van der Waals surface area contributed by atoms with Gasteiger partial charge in [0.25, 0.3) is 0 Å². The first-order valence-corrected chi connectivity index (χ1v) is 6.83. The first-order chi connectivity index (χ1) is 9.71. The van der Waals surface area contributed by atoms with Crippen LogP contribution in [0.4, 0.5) is 11.4 Å². The molecule has 1 saturated heterocycles. The van der Waals surface area contributed by atoms with Crippen LogP contribution in [0.5, 0.6) is 0 Å². The predicted octanol–water partition coefficient (Wildman–Crippen LogP) is 1.64. The number of para-hydroxylation sites is 2. The molecule has 2 atom stereocenters. The van der Waals surface area contributed by atoms with Crippen molar-refractivity contribution in [3.05, 3.63) is 24.3 Å². The monoisotopic (exact) mass is 275 g/mol. The van der Waals surface area contributed by atoms with Gasteiger partial charge in [0.15, 0.2) is 0 Å². The van der Waals surface area contributed by atoms with Crippen LogP contribution in [0.15, 0.2) is 29.3 Å². The number of piperidine rings is 1. The quantitative estimate of drug-likeness (QED) is 0.505. The van der Waals surface area contributed by atoms with E-state index in [4.69, 9.17) is 0 Å². The molecular formula is C15H21N3O2. The van der Waals surface area contributed by atoms with Crippen molar-refractivity contribution in [3.63, 3.8) is 0 Å². The normalized spacial score (nSPS) is 22.4. The minimum absolute atomic E-state index is 0.0668.